The molecule has 0 bridgehead atoms. The molecule has 6 heteroatoms. The van der Waals surface area contributed by atoms with Gasteiger partial charge in [-0.3, -0.25) is 4.98 Å². The molecule has 1 aromatic heterocycles. The monoisotopic (exact) mass is 256 g/mol. The van der Waals surface area contributed by atoms with Gasteiger partial charge in [-0.2, -0.15) is 13.2 Å². The molecule has 18 heavy (non-hydrogen) atoms. The number of aromatic nitrogens is 1. The van der Waals surface area contributed by atoms with Gasteiger partial charge >= 0.3 is 6.18 Å². The first-order chi connectivity index (χ1) is 8.38. The zero-order valence-electron chi connectivity index (χ0n) is 9.00. The van der Waals surface area contributed by atoms with Crippen molar-refractivity contribution >= 4 is 5.69 Å². The molecule has 94 valence electrons. The summed E-state index contributed by atoms with van der Waals surface area (Å²) in [7, 11) is 0. The summed E-state index contributed by atoms with van der Waals surface area (Å²) in [5, 5.41) is 0. The molecule has 0 saturated heterocycles. The zero-order valence-corrected chi connectivity index (χ0v) is 9.00. The molecule has 0 aliphatic heterocycles. The van der Waals surface area contributed by atoms with E-state index in [1.54, 1.807) is 0 Å². The van der Waals surface area contributed by atoms with Gasteiger partial charge in [0, 0.05) is 11.6 Å². The molecular formula is C12H8F4N2. The summed E-state index contributed by atoms with van der Waals surface area (Å²) in [6.07, 6.45) is -3.53. The Hall–Kier alpha value is -2.11. The zero-order chi connectivity index (χ0) is 13.3. The predicted octanol–water partition coefficient (Wildman–Crippen LogP) is 3.49. The van der Waals surface area contributed by atoms with Crippen molar-refractivity contribution in [1.29, 1.82) is 0 Å². The molecule has 2 nitrogen and oxygen atoms in total. The van der Waals surface area contributed by atoms with Gasteiger partial charge in [-0.05, 0) is 12.1 Å². The quantitative estimate of drug-likeness (QED) is 0.793. The van der Waals surface area contributed by atoms with E-state index >= 15 is 0 Å². The van der Waals surface area contributed by atoms with Crippen LogP contribution in [0.25, 0.3) is 11.3 Å². The number of hydrogen-bond acceptors (Lipinski definition) is 2. The highest BCUT2D eigenvalue weighted by Gasteiger charge is 2.30. The third kappa shape index (κ3) is 2.42. The molecule has 1 heterocycles. The standard InChI is InChI=1S/C12H8F4N2/c13-9-5-10(17)11(18-6-9)7-2-1-3-8(4-7)12(14,15)16/h1-6H,17H2. The summed E-state index contributed by atoms with van der Waals surface area (Å²) >= 11 is 0. The summed E-state index contributed by atoms with van der Waals surface area (Å²) in [6.45, 7) is 0. The Bertz CT molecular complexity index is 579. The number of pyridine rings is 1. The minimum Gasteiger partial charge on any atom is -0.397 e. The number of rotatable bonds is 1. The average molecular weight is 256 g/mol. The number of hydrogen-bond donors (Lipinski definition) is 1. The largest absolute Gasteiger partial charge is 0.416 e. The van der Waals surface area contributed by atoms with E-state index in [0.717, 1.165) is 24.4 Å². The smallest absolute Gasteiger partial charge is 0.397 e. The van der Waals surface area contributed by atoms with Gasteiger partial charge in [-0.15, -0.1) is 0 Å². The molecule has 2 rings (SSSR count). The van der Waals surface area contributed by atoms with Crippen molar-refractivity contribution in [2.75, 3.05) is 5.73 Å². The van der Waals surface area contributed by atoms with E-state index in [2.05, 4.69) is 4.98 Å². The summed E-state index contributed by atoms with van der Waals surface area (Å²) < 4.78 is 50.4. The molecule has 1 aromatic carbocycles. The molecule has 2 aromatic rings. The van der Waals surface area contributed by atoms with Gasteiger partial charge < -0.3 is 5.73 Å². The maximum Gasteiger partial charge on any atom is 0.416 e. The topological polar surface area (TPSA) is 38.9 Å². The van der Waals surface area contributed by atoms with E-state index in [9.17, 15) is 17.6 Å². The highest BCUT2D eigenvalue weighted by molar-refractivity contribution is 5.72. The summed E-state index contributed by atoms with van der Waals surface area (Å²) in [6, 6.07) is 5.58. The van der Waals surface area contributed by atoms with Crippen LogP contribution in [0.15, 0.2) is 36.5 Å². The fourth-order valence-electron chi connectivity index (χ4n) is 1.54. The number of halogens is 4. The molecule has 0 spiro atoms. The van der Waals surface area contributed by atoms with Crippen LogP contribution in [0.3, 0.4) is 0 Å². The van der Waals surface area contributed by atoms with Crippen molar-refractivity contribution in [3.63, 3.8) is 0 Å². The van der Waals surface area contributed by atoms with Crippen molar-refractivity contribution in [3.8, 4) is 11.3 Å². The normalized spacial score (nSPS) is 11.6. The van der Waals surface area contributed by atoms with Crippen molar-refractivity contribution in [2.45, 2.75) is 6.18 Å². The molecule has 0 unspecified atom stereocenters. The van der Waals surface area contributed by atoms with E-state index in [1.807, 2.05) is 0 Å². The predicted molar refractivity (Wildman–Crippen MR) is 59.0 cm³/mol. The molecular weight excluding hydrogens is 248 g/mol. The Morgan fingerprint density at radius 3 is 2.44 bits per heavy atom. The van der Waals surface area contributed by atoms with Gasteiger partial charge in [-0.1, -0.05) is 12.1 Å². The second kappa shape index (κ2) is 4.29. The number of anilines is 1. The highest BCUT2D eigenvalue weighted by atomic mass is 19.4. The minimum atomic E-state index is -4.44. The third-order valence-electron chi connectivity index (χ3n) is 2.35. The Labute approximate surface area is 100 Å². The van der Waals surface area contributed by atoms with Crippen molar-refractivity contribution < 1.29 is 17.6 Å². The third-order valence-corrected chi connectivity index (χ3v) is 2.35. The molecule has 0 atom stereocenters. The Morgan fingerprint density at radius 1 is 1.11 bits per heavy atom. The molecule has 0 saturated carbocycles. The number of benzene rings is 1. The van der Waals surface area contributed by atoms with Gasteiger partial charge in [-0.25, -0.2) is 4.39 Å². The van der Waals surface area contributed by atoms with Crippen molar-refractivity contribution in [2.24, 2.45) is 0 Å². The Kier molecular flexibility index (Phi) is 2.94. The van der Waals surface area contributed by atoms with E-state index in [4.69, 9.17) is 5.73 Å². The van der Waals surface area contributed by atoms with Crippen LogP contribution in [0.4, 0.5) is 23.2 Å². The number of nitrogens with two attached hydrogens (primary N) is 1. The minimum absolute atomic E-state index is 0.00526. The first kappa shape index (κ1) is 12.3. The van der Waals surface area contributed by atoms with Gasteiger partial charge in [0.1, 0.15) is 5.82 Å². The number of nitrogens with zero attached hydrogens (tertiary/aromatic N) is 1. The number of alkyl halides is 3. The molecule has 0 aliphatic rings. The van der Waals surface area contributed by atoms with Crippen molar-refractivity contribution in [3.05, 3.63) is 47.9 Å². The molecule has 0 amide bonds. The van der Waals surface area contributed by atoms with Crippen LogP contribution in [-0.4, -0.2) is 4.98 Å². The van der Waals surface area contributed by atoms with Gasteiger partial charge in [0.15, 0.2) is 0 Å². The lowest BCUT2D eigenvalue weighted by molar-refractivity contribution is -0.137. The van der Waals surface area contributed by atoms with E-state index < -0.39 is 17.6 Å². The highest BCUT2D eigenvalue weighted by Crippen LogP contribution is 2.32. The first-order valence-corrected chi connectivity index (χ1v) is 4.96. The fourth-order valence-corrected chi connectivity index (χ4v) is 1.54. The molecule has 0 radical (unpaired) electrons. The Morgan fingerprint density at radius 2 is 1.83 bits per heavy atom. The van der Waals surface area contributed by atoms with Crippen LogP contribution >= 0.6 is 0 Å². The van der Waals surface area contributed by atoms with Crippen molar-refractivity contribution in [1.82, 2.24) is 4.98 Å². The first-order valence-electron chi connectivity index (χ1n) is 4.96. The SMILES string of the molecule is Nc1cc(F)cnc1-c1cccc(C(F)(F)F)c1. The van der Waals surface area contributed by atoms with Crippen LogP contribution in [-0.2, 0) is 6.18 Å². The second-order valence-electron chi connectivity index (χ2n) is 3.67. The van der Waals surface area contributed by atoms with Crippen LogP contribution < -0.4 is 5.73 Å². The molecule has 2 N–H and O–H groups in total. The fraction of sp³-hybridized carbons (Fsp3) is 0.0833. The van der Waals surface area contributed by atoms with Crippen LogP contribution in [0.5, 0.6) is 0 Å². The van der Waals surface area contributed by atoms with Crippen LogP contribution in [0.2, 0.25) is 0 Å². The summed E-state index contributed by atoms with van der Waals surface area (Å²) in [5.74, 6) is -0.636. The molecule has 0 aliphatic carbocycles. The summed E-state index contributed by atoms with van der Waals surface area (Å²) in [5.41, 5.74) is 5.05. The van der Waals surface area contributed by atoms with Crippen LogP contribution in [0.1, 0.15) is 5.56 Å². The maximum absolute atomic E-state index is 12.8. The van der Waals surface area contributed by atoms with Gasteiger partial charge in [0.25, 0.3) is 0 Å². The summed E-state index contributed by atoms with van der Waals surface area (Å²) in [4.78, 5) is 3.70. The molecule has 0 fully saturated rings. The lowest BCUT2D eigenvalue weighted by Crippen LogP contribution is -2.05. The van der Waals surface area contributed by atoms with E-state index in [1.165, 1.54) is 12.1 Å². The lowest BCUT2D eigenvalue weighted by Gasteiger charge is -2.09. The van der Waals surface area contributed by atoms with Crippen LogP contribution in [0, 0.1) is 5.82 Å². The second-order valence-corrected chi connectivity index (χ2v) is 3.67. The average Bonchev–Trinajstić information content (AvgIpc) is 2.28. The van der Waals surface area contributed by atoms with E-state index in [0.29, 0.717) is 0 Å². The van der Waals surface area contributed by atoms with E-state index in [-0.39, 0.29) is 16.9 Å². The lowest BCUT2D eigenvalue weighted by atomic mass is 10.1. The Balaban J connectivity index is 2.51. The van der Waals surface area contributed by atoms with Gasteiger partial charge in [0.2, 0.25) is 0 Å². The maximum atomic E-state index is 12.8. The number of nitrogen functional groups attached to an aromatic ring is 1. The van der Waals surface area contributed by atoms with Gasteiger partial charge in [0.05, 0.1) is 23.1 Å².